The van der Waals surface area contributed by atoms with Crippen LogP contribution in [0.1, 0.15) is 0 Å². The van der Waals surface area contributed by atoms with E-state index < -0.39 is 0 Å². The quantitative estimate of drug-likeness (QED) is 0.166. The van der Waals surface area contributed by atoms with Crippen LogP contribution in [0.15, 0.2) is 212 Å². The first-order valence-electron chi connectivity index (χ1n) is 17.5. The highest BCUT2D eigenvalue weighted by Gasteiger charge is 2.14. The Kier molecular flexibility index (Phi) is 7.92. The smallest absolute Gasteiger partial charge is 0.0462 e. The molecule has 0 heterocycles. The van der Waals surface area contributed by atoms with Gasteiger partial charge in [-0.3, -0.25) is 0 Å². The van der Waals surface area contributed by atoms with E-state index in [-0.39, 0.29) is 0 Å². The van der Waals surface area contributed by atoms with E-state index in [0.29, 0.717) is 0 Å². The second kappa shape index (κ2) is 13.3. The molecule has 0 unspecified atom stereocenters. The number of nitrogens with zero attached hydrogens (tertiary/aromatic N) is 1. The van der Waals surface area contributed by atoms with Crippen molar-refractivity contribution >= 4 is 38.6 Å². The molecule has 0 N–H and O–H groups in total. The normalized spacial score (nSPS) is 11.1. The molecule has 0 aliphatic carbocycles. The van der Waals surface area contributed by atoms with Crippen LogP contribution in [0.3, 0.4) is 0 Å². The van der Waals surface area contributed by atoms with E-state index in [2.05, 4.69) is 217 Å². The summed E-state index contributed by atoms with van der Waals surface area (Å²) in [5, 5.41) is 5.00. The van der Waals surface area contributed by atoms with Gasteiger partial charge in [0.25, 0.3) is 0 Å². The van der Waals surface area contributed by atoms with Gasteiger partial charge < -0.3 is 4.90 Å². The van der Waals surface area contributed by atoms with Crippen LogP contribution in [0, 0.1) is 0 Å². The number of benzene rings is 9. The minimum absolute atomic E-state index is 1.11. The first kappa shape index (κ1) is 30.4. The largest absolute Gasteiger partial charge is 0.311 e. The fourth-order valence-electron chi connectivity index (χ4n) is 7.09. The van der Waals surface area contributed by atoms with E-state index in [9.17, 15) is 0 Å². The van der Waals surface area contributed by atoms with Gasteiger partial charge >= 0.3 is 0 Å². The van der Waals surface area contributed by atoms with Gasteiger partial charge in [-0.2, -0.15) is 0 Å². The Hall–Kier alpha value is -6.70. The maximum absolute atomic E-state index is 2.34. The van der Waals surface area contributed by atoms with Crippen molar-refractivity contribution in [3.05, 3.63) is 212 Å². The maximum atomic E-state index is 2.34. The zero-order valence-corrected chi connectivity index (χ0v) is 28.2. The molecule has 0 saturated heterocycles. The number of hydrogen-bond acceptors (Lipinski definition) is 1. The topological polar surface area (TPSA) is 3.24 Å². The Bertz CT molecular complexity index is 2500. The molecule has 0 atom stereocenters. The van der Waals surface area contributed by atoms with Crippen molar-refractivity contribution in [1.82, 2.24) is 0 Å². The molecule has 1 heteroatoms. The van der Waals surface area contributed by atoms with Crippen molar-refractivity contribution in [3.8, 4) is 44.5 Å². The van der Waals surface area contributed by atoms with Crippen LogP contribution in [0.2, 0.25) is 0 Å². The van der Waals surface area contributed by atoms with E-state index >= 15 is 0 Å². The zero-order valence-electron chi connectivity index (χ0n) is 28.2. The van der Waals surface area contributed by atoms with Crippen LogP contribution in [-0.4, -0.2) is 0 Å². The van der Waals surface area contributed by atoms with Crippen LogP contribution in [0.25, 0.3) is 66.1 Å². The minimum Gasteiger partial charge on any atom is -0.311 e. The fourth-order valence-corrected chi connectivity index (χ4v) is 7.09. The molecule has 9 aromatic carbocycles. The Balaban J connectivity index is 1.05. The first-order valence-corrected chi connectivity index (χ1v) is 17.5. The van der Waals surface area contributed by atoms with Crippen molar-refractivity contribution in [1.29, 1.82) is 0 Å². The van der Waals surface area contributed by atoms with Gasteiger partial charge in [-0.1, -0.05) is 158 Å². The van der Waals surface area contributed by atoms with Crippen LogP contribution in [0.4, 0.5) is 17.1 Å². The number of anilines is 3. The molecular formula is C50H35N. The second-order valence-electron chi connectivity index (χ2n) is 13.0. The van der Waals surface area contributed by atoms with Gasteiger partial charge in [-0.15, -0.1) is 0 Å². The third kappa shape index (κ3) is 6.18. The molecule has 0 aliphatic heterocycles. The van der Waals surface area contributed by atoms with Gasteiger partial charge in [0.1, 0.15) is 0 Å². The molecule has 9 rings (SSSR count). The fraction of sp³-hybridized carbons (Fsp3) is 0. The summed E-state index contributed by atoms with van der Waals surface area (Å²) in [5.74, 6) is 0. The Labute approximate surface area is 299 Å². The molecule has 0 amide bonds. The predicted octanol–water partition coefficient (Wildman–Crippen LogP) is 14.1. The average molecular weight is 650 g/mol. The van der Waals surface area contributed by atoms with E-state index in [1.54, 1.807) is 0 Å². The Morgan fingerprint density at radius 3 is 0.941 bits per heavy atom. The SMILES string of the molecule is c1ccc(-c2ccc(N(c3ccc(-c4ccccc4)cc3)c3ccc(-c4ccc5ccc(-c6ccc7ccccc7c6)cc5c4)cc3)cc2)cc1. The highest BCUT2D eigenvalue weighted by molar-refractivity contribution is 5.93. The third-order valence-corrected chi connectivity index (χ3v) is 9.85. The minimum atomic E-state index is 1.11. The lowest BCUT2D eigenvalue weighted by molar-refractivity contribution is 1.28. The van der Waals surface area contributed by atoms with E-state index in [4.69, 9.17) is 0 Å². The van der Waals surface area contributed by atoms with Crippen LogP contribution in [-0.2, 0) is 0 Å². The van der Waals surface area contributed by atoms with Crippen molar-refractivity contribution in [3.63, 3.8) is 0 Å². The number of fused-ring (bicyclic) bond motifs is 2. The summed E-state index contributed by atoms with van der Waals surface area (Å²) in [6.07, 6.45) is 0. The second-order valence-corrected chi connectivity index (χ2v) is 13.0. The van der Waals surface area contributed by atoms with Gasteiger partial charge in [0.2, 0.25) is 0 Å². The number of rotatable bonds is 7. The summed E-state index contributed by atoms with van der Waals surface area (Å²) in [5.41, 5.74) is 13.0. The lowest BCUT2D eigenvalue weighted by Gasteiger charge is -2.26. The van der Waals surface area contributed by atoms with Gasteiger partial charge in [0.05, 0.1) is 0 Å². The predicted molar refractivity (Wildman–Crippen MR) is 218 cm³/mol. The van der Waals surface area contributed by atoms with Crippen molar-refractivity contribution in [2.24, 2.45) is 0 Å². The summed E-state index contributed by atoms with van der Waals surface area (Å²) < 4.78 is 0. The first-order chi connectivity index (χ1) is 25.2. The molecule has 51 heavy (non-hydrogen) atoms. The highest BCUT2D eigenvalue weighted by atomic mass is 15.1. The average Bonchev–Trinajstić information content (AvgIpc) is 3.22. The Morgan fingerprint density at radius 1 is 0.196 bits per heavy atom. The zero-order chi connectivity index (χ0) is 34.0. The van der Waals surface area contributed by atoms with Gasteiger partial charge in [-0.25, -0.2) is 0 Å². The van der Waals surface area contributed by atoms with Crippen LogP contribution in [0.5, 0.6) is 0 Å². The number of hydrogen-bond donors (Lipinski definition) is 0. The van der Waals surface area contributed by atoms with Crippen molar-refractivity contribution < 1.29 is 0 Å². The maximum Gasteiger partial charge on any atom is 0.0462 e. The summed E-state index contributed by atoms with van der Waals surface area (Å²) in [4.78, 5) is 2.34. The molecule has 0 aliphatic rings. The molecule has 0 fully saturated rings. The molecule has 0 saturated carbocycles. The molecule has 0 aromatic heterocycles. The summed E-state index contributed by atoms with van der Waals surface area (Å²) in [6, 6.07) is 76.6. The molecule has 240 valence electrons. The molecule has 9 aromatic rings. The van der Waals surface area contributed by atoms with Crippen LogP contribution < -0.4 is 4.90 Å². The monoisotopic (exact) mass is 649 g/mol. The third-order valence-electron chi connectivity index (χ3n) is 9.85. The lowest BCUT2D eigenvalue weighted by atomic mass is 9.96. The van der Waals surface area contributed by atoms with Gasteiger partial charge in [-0.05, 0) is 121 Å². The van der Waals surface area contributed by atoms with E-state index in [0.717, 1.165) is 17.1 Å². The summed E-state index contributed by atoms with van der Waals surface area (Å²) in [7, 11) is 0. The molecule has 0 radical (unpaired) electrons. The van der Waals surface area contributed by atoms with Crippen molar-refractivity contribution in [2.75, 3.05) is 4.90 Å². The lowest BCUT2D eigenvalue weighted by Crippen LogP contribution is -2.09. The Morgan fingerprint density at radius 2 is 0.490 bits per heavy atom. The highest BCUT2D eigenvalue weighted by Crippen LogP contribution is 2.38. The van der Waals surface area contributed by atoms with E-state index in [1.165, 1.54) is 66.1 Å². The molecule has 0 bridgehead atoms. The molecule has 1 nitrogen and oxygen atoms in total. The molecular weight excluding hydrogens is 615 g/mol. The molecule has 0 spiro atoms. The standard InChI is InChI=1S/C50H35N/c1-3-9-36(10-4-1)39-21-27-48(28-22-39)51(49-29-23-40(24-30-49)37-11-5-2-6-12-37)50-31-25-41(26-32-50)44-18-16-42-17-20-46(35-47(42)34-44)45-19-15-38-13-7-8-14-43(38)33-45/h1-35H. The van der Waals surface area contributed by atoms with Gasteiger partial charge in [0, 0.05) is 17.1 Å². The summed E-state index contributed by atoms with van der Waals surface area (Å²) >= 11 is 0. The van der Waals surface area contributed by atoms with Crippen LogP contribution >= 0.6 is 0 Å². The van der Waals surface area contributed by atoms with Crippen molar-refractivity contribution in [2.45, 2.75) is 0 Å². The summed E-state index contributed by atoms with van der Waals surface area (Å²) in [6.45, 7) is 0. The van der Waals surface area contributed by atoms with E-state index in [1.807, 2.05) is 0 Å². The van der Waals surface area contributed by atoms with Gasteiger partial charge in [0.15, 0.2) is 0 Å².